The standard InChI is InChI=1S/C21H19N3O4/c1-28-15-9-10-19-17(12-15)20(16-7-2-3-8-18(16)22-19)23-21(25)13-5-4-6-14(11-13)24(26)27/h4-6,9-12H,2-3,7-8H2,1H3,(H,22,23,25). The summed E-state index contributed by atoms with van der Waals surface area (Å²) >= 11 is 0. The van der Waals surface area contributed by atoms with Crippen molar-refractivity contribution in [3.63, 3.8) is 0 Å². The lowest BCUT2D eigenvalue weighted by molar-refractivity contribution is -0.384. The van der Waals surface area contributed by atoms with Crippen molar-refractivity contribution in [2.75, 3.05) is 12.4 Å². The molecular weight excluding hydrogens is 358 g/mol. The van der Waals surface area contributed by atoms with E-state index in [1.165, 1.54) is 18.2 Å². The molecule has 1 aliphatic rings. The number of fused-ring (bicyclic) bond motifs is 2. The van der Waals surface area contributed by atoms with Gasteiger partial charge in [0.25, 0.3) is 11.6 Å². The fourth-order valence-corrected chi connectivity index (χ4v) is 3.62. The number of nitrogens with one attached hydrogen (secondary N) is 1. The highest BCUT2D eigenvalue weighted by Gasteiger charge is 2.21. The normalized spacial score (nSPS) is 13.0. The summed E-state index contributed by atoms with van der Waals surface area (Å²) in [5.41, 5.74) is 3.66. The number of nitro groups is 1. The van der Waals surface area contributed by atoms with E-state index in [1.807, 2.05) is 18.2 Å². The number of rotatable bonds is 4. The third-order valence-corrected chi connectivity index (χ3v) is 5.03. The van der Waals surface area contributed by atoms with Crippen molar-refractivity contribution in [1.29, 1.82) is 0 Å². The number of aryl methyl sites for hydroxylation is 1. The fraction of sp³-hybridized carbons (Fsp3) is 0.238. The first-order chi connectivity index (χ1) is 13.6. The van der Waals surface area contributed by atoms with Crippen molar-refractivity contribution in [1.82, 2.24) is 4.98 Å². The predicted molar refractivity (Wildman–Crippen MR) is 106 cm³/mol. The summed E-state index contributed by atoms with van der Waals surface area (Å²) in [7, 11) is 1.59. The van der Waals surface area contributed by atoms with Crippen LogP contribution >= 0.6 is 0 Å². The van der Waals surface area contributed by atoms with Gasteiger partial charge < -0.3 is 10.1 Å². The molecule has 0 aliphatic heterocycles. The molecule has 0 saturated carbocycles. The third kappa shape index (κ3) is 3.26. The van der Waals surface area contributed by atoms with Crippen molar-refractivity contribution in [3.05, 3.63) is 69.4 Å². The van der Waals surface area contributed by atoms with Crippen LogP contribution in [0, 0.1) is 10.1 Å². The van der Waals surface area contributed by atoms with E-state index >= 15 is 0 Å². The van der Waals surface area contributed by atoms with E-state index in [9.17, 15) is 14.9 Å². The summed E-state index contributed by atoms with van der Waals surface area (Å²) in [4.78, 5) is 28.2. The highest BCUT2D eigenvalue weighted by molar-refractivity contribution is 6.10. The lowest BCUT2D eigenvalue weighted by Gasteiger charge is -2.21. The van der Waals surface area contributed by atoms with Crippen LogP contribution in [0.4, 0.5) is 11.4 Å². The quantitative estimate of drug-likeness (QED) is 0.541. The third-order valence-electron chi connectivity index (χ3n) is 5.03. The molecule has 1 N–H and O–H groups in total. The van der Waals surface area contributed by atoms with E-state index in [4.69, 9.17) is 9.72 Å². The molecule has 0 spiro atoms. The van der Waals surface area contributed by atoms with Crippen LogP contribution < -0.4 is 10.1 Å². The minimum Gasteiger partial charge on any atom is -0.497 e. The first-order valence-electron chi connectivity index (χ1n) is 9.12. The van der Waals surface area contributed by atoms with Crippen molar-refractivity contribution in [2.24, 2.45) is 0 Å². The Balaban J connectivity index is 1.81. The maximum atomic E-state index is 12.9. The Morgan fingerprint density at radius 2 is 2.00 bits per heavy atom. The number of nitro benzene ring substituents is 1. The number of carbonyl (C=O) groups is 1. The molecule has 0 bridgehead atoms. The molecule has 1 heterocycles. The number of ether oxygens (including phenoxy) is 1. The van der Waals surface area contributed by atoms with Crippen LogP contribution in [0.2, 0.25) is 0 Å². The lowest BCUT2D eigenvalue weighted by atomic mass is 9.92. The number of benzene rings is 2. The number of non-ortho nitro benzene ring substituents is 1. The second kappa shape index (κ2) is 7.26. The molecule has 1 amide bonds. The number of nitrogens with zero attached hydrogens (tertiary/aromatic N) is 2. The molecule has 2 aromatic carbocycles. The van der Waals surface area contributed by atoms with E-state index in [0.717, 1.165) is 53.5 Å². The summed E-state index contributed by atoms with van der Waals surface area (Å²) < 4.78 is 5.34. The van der Waals surface area contributed by atoms with Crippen molar-refractivity contribution in [2.45, 2.75) is 25.7 Å². The topological polar surface area (TPSA) is 94.4 Å². The Morgan fingerprint density at radius 1 is 1.18 bits per heavy atom. The molecule has 0 radical (unpaired) electrons. The molecule has 0 unspecified atom stereocenters. The Kier molecular flexibility index (Phi) is 4.65. The minimum atomic E-state index is -0.509. The van der Waals surface area contributed by atoms with Gasteiger partial charge in [0, 0.05) is 28.8 Å². The van der Waals surface area contributed by atoms with Crippen LogP contribution in [0.15, 0.2) is 42.5 Å². The molecule has 142 valence electrons. The maximum Gasteiger partial charge on any atom is 0.270 e. The molecule has 0 atom stereocenters. The molecular formula is C21H19N3O4. The van der Waals surface area contributed by atoms with Gasteiger partial charge in [0.2, 0.25) is 0 Å². The molecule has 0 fully saturated rings. The zero-order valence-electron chi connectivity index (χ0n) is 15.4. The van der Waals surface area contributed by atoms with Crippen molar-refractivity contribution >= 4 is 28.2 Å². The monoisotopic (exact) mass is 377 g/mol. The summed E-state index contributed by atoms with van der Waals surface area (Å²) in [5, 5.41) is 14.8. The van der Waals surface area contributed by atoms with E-state index in [1.54, 1.807) is 13.2 Å². The van der Waals surface area contributed by atoms with Gasteiger partial charge in [-0.25, -0.2) is 0 Å². The van der Waals surface area contributed by atoms with Crippen LogP contribution in [0.5, 0.6) is 5.75 Å². The number of methoxy groups -OCH3 is 1. The Morgan fingerprint density at radius 3 is 2.79 bits per heavy atom. The van der Waals surface area contributed by atoms with Crippen LogP contribution in [-0.2, 0) is 12.8 Å². The van der Waals surface area contributed by atoms with Gasteiger partial charge in [0.15, 0.2) is 0 Å². The van der Waals surface area contributed by atoms with Crippen molar-refractivity contribution < 1.29 is 14.5 Å². The Bertz CT molecular complexity index is 1090. The van der Waals surface area contributed by atoms with E-state index < -0.39 is 4.92 Å². The zero-order chi connectivity index (χ0) is 19.7. The summed E-state index contributed by atoms with van der Waals surface area (Å²) in [6, 6.07) is 11.3. The molecule has 4 rings (SSSR count). The predicted octanol–water partition coefficient (Wildman–Crippen LogP) is 4.28. The average molecular weight is 377 g/mol. The van der Waals surface area contributed by atoms with Crippen LogP contribution in [-0.4, -0.2) is 22.9 Å². The summed E-state index contributed by atoms with van der Waals surface area (Å²) in [6.45, 7) is 0. The number of anilines is 1. The lowest BCUT2D eigenvalue weighted by Crippen LogP contribution is -2.17. The Hall–Kier alpha value is -3.48. The smallest absolute Gasteiger partial charge is 0.270 e. The van der Waals surface area contributed by atoms with Crippen molar-refractivity contribution in [3.8, 4) is 5.75 Å². The highest BCUT2D eigenvalue weighted by atomic mass is 16.6. The second-order valence-corrected chi connectivity index (χ2v) is 6.76. The molecule has 1 aromatic heterocycles. The van der Waals surface area contributed by atoms with Gasteiger partial charge in [-0.3, -0.25) is 19.9 Å². The number of pyridine rings is 1. The molecule has 0 saturated heterocycles. The van der Waals surface area contributed by atoms with E-state index in [2.05, 4.69) is 5.32 Å². The molecule has 7 heteroatoms. The van der Waals surface area contributed by atoms with Gasteiger partial charge in [-0.05, 0) is 55.5 Å². The van der Waals surface area contributed by atoms with E-state index in [-0.39, 0.29) is 17.2 Å². The molecule has 3 aromatic rings. The number of amides is 1. The van der Waals surface area contributed by atoms with Gasteiger partial charge in [-0.2, -0.15) is 0 Å². The summed E-state index contributed by atoms with van der Waals surface area (Å²) in [5.74, 6) is 0.294. The van der Waals surface area contributed by atoms with Crippen LogP contribution in [0.1, 0.15) is 34.5 Å². The summed E-state index contributed by atoms with van der Waals surface area (Å²) in [6.07, 6.45) is 3.81. The SMILES string of the molecule is COc1ccc2nc3c(c(NC(=O)c4cccc([N+](=O)[O-])c4)c2c1)CCCC3. The van der Waals surface area contributed by atoms with Crippen LogP contribution in [0.25, 0.3) is 10.9 Å². The van der Waals surface area contributed by atoms with Gasteiger partial charge >= 0.3 is 0 Å². The van der Waals surface area contributed by atoms with Crippen LogP contribution in [0.3, 0.4) is 0 Å². The number of hydrogen-bond acceptors (Lipinski definition) is 5. The van der Waals surface area contributed by atoms with E-state index in [0.29, 0.717) is 5.75 Å². The average Bonchev–Trinajstić information content (AvgIpc) is 2.73. The second-order valence-electron chi connectivity index (χ2n) is 6.76. The largest absolute Gasteiger partial charge is 0.497 e. The molecule has 7 nitrogen and oxygen atoms in total. The maximum absolute atomic E-state index is 12.9. The Labute approximate surface area is 161 Å². The van der Waals surface area contributed by atoms with Gasteiger partial charge in [0.1, 0.15) is 5.75 Å². The first-order valence-corrected chi connectivity index (χ1v) is 9.12. The number of hydrogen-bond donors (Lipinski definition) is 1. The zero-order valence-corrected chi connectivity index (χ0v) is 15.4. The van der Waals surface area contributed by atoms with Gasteiger partial charge in [-0.15, -0.1) is 0 Å². The number of aromatic nitrogens is 1. The number of carbonyl (C=O) groups excluding carboxylic acids is 1. The highest BCUT2D eigenvalue weighted by Crippen LogP contribution is 2.35. The van der Waals surface area contributed by atoms with Gasteiger partial charge in [0.05, 0.1) is 23.2 Å². The molecule has 1 aliphatic carbocycles. The fourth-order valence-electron chi connectivity index (χ4n) is 3.62. The first kappa shape index (κ1) is 17.9. The molecule has 28 heavy (non-hydrogen) atoms. The minimum absolute atomic E-state index is 0.115. The van der Waals surface area contributed by atoms with Gasteiger partial charge in [-0.1, -0.05) is 6.07 Å².